The number of aromatic nitrogens is 2. The van der Waals surface area contributed by atoms with Crippen molar-refractivity contribution < 1.29 is 14.3 Å². The molecule has 0 saturated carbocycles. The highest BCUT2D eigenvalue weighted by Crippen LogP contribution is 2.30. The van der Waals surface area contributed by atoms with Crippen LogP contribution in [0, 0.1) is 5.82 Å². The van der Waals surface area contributed by atoms with Crippen LogP contribution in [-0.4, -0.2) is 20.6 Å². The van der Waals surface area contributed by atoms with Crippen molar-refractivity contribution in [2.24, 2.45) is 5.73 Å². The topological polar surface area (TPSA) is 98.2 Å². The quantitative estimate of drug-likeness (QED) is 0.539. The van der Waals surface area contributed by atoms with E-state index in [1.807, 2.05) is 0 Å². The number of primary amides is 1. The number of carbonyl (C=O) groups is 1. The summed E-state index contributed by atoms with van der Waals surface area (Å²) in [4.78, 5) is 28.3. The van der Waals surface area contributed by atoms with Crippen LogP contribution in [0.5, 0.6) is 5.75 Å². The average molecular weight is 410 g/mol. The molecular formula is C21H13ClFN3O3. The molecule has 0 aliphatic heterocycles. The summed E-state index contributed by atoms with van der Waals surface area (Å²) in [6.45, 7) is 0. The molecule has 0 radical (unpaired) electrons. The van der Waals surface area contributed by atoms with Gasteiger partial charge in [0.2, 0.25) is 5.43 Å². The monoisotopic (exact) mass is 409 g/mol. The number of halogens is 2. The van der Waals surface area contributed by atoms with Gasteiger partial charge >= 0.3 is 0 Å². The SMILES string of the molecule is NC(=O)c1cn(-c2ccc(O)cc2Cl)c2cc(-c3ccncc3F)ccc2c1=O. The lowest BCUT2D eigenvalue weighted by Crippen LogP contribution is -2.24. The summed E-state index contributed by atoms with van der Waals surface area (Å²) < 4.78 is 15.7. The molecule has 2 aromatic heterocycles. The third-order valence-corrected chi connectivity index (χ3v) is 4.85. The number of nitrogens with two attached hydrogens (primary N) is 1. The number of phenols is 1. The second-order valence-corrected chi connectivity index (χ2v) is 6.74. The molecule has 6 nitrogen and oxygen atoms in total. The zero-order valence-electron chi connectivity index (χ0n) is 14.8. The minimum absolute atomic E-state index is 0.0428. The Morgan fingerprint density at radius 3 is 2.66 bits per heavy atom. The molecule has 0 saturated heterocycles. The van der Waals surface area contributed by atoms with Gasteiger partial charge in [-0.05, 0) is 35.9 Å². The fourth-order valence-corrected chi connectivity index (χ4v) is 3.43. The Balaban J connectivity index is 2.10. The fourth-order valence-electron chi connectivity index (χ4n) is 3.17. The van der Waals surface area contributed by atoms with E-state index < -0.39 is 17.2 Å². The number of amides is 1. The van der Waals surface area contributed by atoms with Crippen molar-refractivity contribution in [3.63, 3.8) is 0 Å². The highest BCUT2D eigenvalue weighted by molar-refractivity contribution is 6.32. The molecule has 0 fully saturated rings. The number of benzene rings is 2. The first-order chi connectivity index (χ1) is 13.9. The second kappa shape index (κ2) is 7.03. The molecule has 2 aromatic carbocycles. The van der Waals surface area contributed by atoms with Crippen molar-refractivity contribution in [1.82, 2.24) is 9.55 Å². The van der Waals surface area contributed by atoms with Crippen LogP contribution in [0.15, 0.2) is 65.8 Å². The molecule has 1 amide bonds. The molecule has 29 heavy (non-hydrogen) atoms. The van der Waals surface area contributed by atoms with E-state index in [-0.39, 0.29) is 21.7 Å². The van der Waals surface area contributed by atoms with Crippen LogP contribution >= 0.6 is 11.6 Å². The number of hydrogen-bond acceptors (Lipinski definition) is 4. The molecule has 8 heteroatoms. The molecule has 2 heterocycles. The van der Waals surface area contributed by atoms with Gasteiger partial charge in [-0.15, -0.1) is 0 Å². The predicted molar refractivity (Wildman–Crippen MR) is 108 cm³/mol. The molecule has 0 aliphatic carbocycles. The molecule has 0 bridgehead atoms. The Bertz CT molecular complexity index is 1350. The molecule has 4 aromatic rings. The molecule has 144 valence electrons. The highest BCUT2D eigenvalue weighted by atomic mass is 35.5. The Morgan fingerprint density at radius 1 is 1.17 bits per heavy atom. The summed E-state index contributed by atoms with van der Waals surface area (Å²) >= 11 is 6.27. The standard InChI is InChI=1S/C21H13ClFN3O3/c22-16-8-12(27)2-4-18(16)26-10-15(21(24)29)20(28)14-3-1-11(7-19(14)26)13-5-6-25-9-17(13)23/h1-10,27H,(H2,24,29). The third-order valence-electron chi connectivity index (χ3n) is 4.54. The van der Waals surface area contributed by atoms with E-state index in [1.54, 1.807) is 12.1 Å². The van der Waals surface area contributed by atoms with Gasteiger partial charge in [0.25, 0.3) is 5.91 Å². The van der Waals surface area contributed by atoms with E-state index in [1.165, 1.54) is 47.3 Å². The fraction of sp³-hybridized carbons (Fsp3) is 0. The van der Waals surface area contributed by atoms with Gasteiger partial charge in [0, 0.05) is 29.4 Å². The van der Waals surface area contributed by atoms with Gasteiger partial charge in [0.15, 0.2) is 0 Å². The highest BCUT2D eigenvalue weighted by Gasteiger charge is 2.17. The first kappa shape index (κ1) is 18.6. The van der Waals surface area contributed by atoms with Gasteiger partial charge in [-0.2, -0.15) is 0 Å². The molecular weight excluding hydrogens is 397 g/mol. The number of aromatic hydroxyl groups is 1. The van der Waals surface area contributed by atoms with Crippen molar-refractivity contribution in [2.75, 3.05) is 0 Å². The minimum Gasteiger partial charge on any atom is -0.508 e. The van der Waals surface area contributed by atoms with Crippen LogP contribution in [-0.2, 0) is 0 Å². The maximum Gasteiger partial charge on any atom is 0.254 e. The lowest BCUT2D eigenvalue weighted by Gasteiger charge is -2.15. The van der Waals surface area contributed by atoms with Crippen LogP contribution in [0.25, 0.3) is 27.7 Å². The second-order valence-electron chi connectivity index (χ2n) is 6.33. The van der Waals surface area contributed by atoms with Gasteiger partial charge in [0.05, 0.1) is 22.4 Å². The van der Waals surface area contributed by atoms with E-state index in [4.69, 9.17) is 17.3 Å². The summed E-state index contributed by atoms with van der Waals surface area (Å²) in [7, 11) is 0. The maximum absolute atomic E-state index is 14.2. The van der Waals surface area contributed by atoms with Crippen LogP contribution in [0.4, 0.5) is 4.39 Å². The zero-order chi connectivity index (χ0) is 20.7. The normalized spacial score (nSPS) is 11.0. The Labute approximate surface area is 168 Å². The summed E-state index contributed by atoms with van der Waals surface area (Å²) in [6, 6.07) is 10.5. The van der Waals surface area contributed by atoms with E-state index >= 15 is 0 Å². The summed E-state index contributed by atoms with van der Waals surface area (Å²) in [5.74, 6) is -1.44. The summed E-state index contributed by atoms with van der Waals surface area (Å²) in [6.07, 6.45) is 3.85. The third kappa shape index (κ3) is 3.21. The smallest absolute Gasteiger partial charge is 0.254 e. The van der Waals surface area contributed by atoms with Crippen molar-refractivity contribution in [3.05, 3.63) is 87.7 Å². The number of carbonyl (C=O) groups excluding carboxylic acids is 1. The zero-order valence-corrected chi connectivity index (χ0v) is 15.5. The van der Waals surface area contributed by atoms with Gasteiger partial charge < -0.3 is 15.4 Å². The lowest BCUT2D eigenvalue weighted by molar-refractivity contribution is 0.0999. The van der Waals surface area contributed by atoms with Crippen LogP contribution in [0.2, 0.25) is 5.02 Å². The lowest BCUT2D eigenvalue weighted by atomic mass is 10.0. The van der Waals surface area contributed by atoms with Crippen molar-refractivity contribution in [1.29, 1.82) is 0 Å². The number of rotatable bonds is 3. The van der Waals surface area contributed by atoms with Crippen molar-refractivity contribution >= 4 is 28.4 Å². The number of hydrogen-bond donors (Lipinski definition) is 2. The largest absolute Gasteiger partial charge is 0.508 e. The molecule has 0 spiro atoms. The number of phenolic OH excluding ortho intramolecular Hbond substituents is 1. The van der Waals surface area contributed by atoms with Crippen LogP contribution in [0.3, 0.4) is 0 Å². The molecule has 0 aliphatic rings. The Hall–Kier alpha value is -3.71. The van der Waals surface area contributed by atoms with E-state index in [2.05, 4.69) is 4.98 Å². The molecule has 4 rings (SSSR count). The number of fused-ring (bicyclic) bond motifs is 1. The van der Waals surface area contributed by atoms with Crippen molar-refractivity contribution in [3.8, 4) is 22.6 Å². The Morgan fingerprint density at radius 2 is 1.97 bits per heavy atom. The summed E-state index contributed by atoms with van der Waals surface area (Å²) in [5.41, 5.74) is 6.22. The molecule has 0 unspecified atom stereocenters. The minimum atomic E-state index is -0.884. The Kier molecular flexibility index (Phi) is 4.52. The number of nitrogens with zero attached hydrogens (tertiary/aromatic N) is 2. The maximum atomic E-state index is 14.2. The van der Waals surface area contributed by atoms with Gasteiger partial charge in [0.1, 0.15) is 17.1 Å². The number of pyridine rings is 2. The van der Waals surface area contributed by atoms with E-state index in [0.29, 0.717) is 22.3 Å². The average Bonchev–Trinajstić information content (AvgIpc) is 2.69. The molecule has 3 N–H and O–H groups in total. The van der Waals surface area contributed by atoms with Crippen LogP contribution < -0.4 is 11.2 Å². The van der Waals surface area contributed by atoms with E-state index in [9.17, 15) is 19.1 Å². The predicted octanol–water partition coefficient (Wildman–Crippen LogP) is 3.65. The van der Waals surface area contributed by atoms with Gasteiger partial charge in [-0.1, -0.05) is 17.7 Å². The van der Waals surface area contributed by atoms with Crippen molar-refractivity contribution in [2.45, 2.75) is 0 Å². The van der Waals surface area contributed by atoms with Crippen LogP contribution in [0.1, 0.15) is 10.4 Å². The van der Waals surface area contributed by atoms with Gasteiger partial charge in [-0.25, -0.2) is 4.39 Å². The first-order valence-electron chi connectivity index (χ1n) is 8.45. The molecule has 0 atom stereocenters. The first-order valence-corrected chi connectivity index (χ1v) is 8.82. The summed E-state index contributed by atoms with van der Waals surface area (Å²) in [5, 5.41) is 10.0. The van der Waals surface area contributed by atoms with Gasteiger partial charge in [-0.3, -0.25) is 14.6 Å². The van der Waals surface area contributed by atoms with E-state index in [0.717, 1.165) is 6.20 Å².